The van der Waals surface area contributed by atoms with E-state index in [9.17, 15) is 17.6 Å². The maximum absolute atomic E-state index is 13.4. The third-order valence-corrected chi connectivity index (χ3v) is 2.25. The predicted molar refractivity (Wildman–Crippen MR) is 51.5 cm³/mol. The van der Waals surface area contributed by atoms with E-state index in [4.69, 9.17) is 0 Å². The van der Waals surface area contributed by atoms with Crippen molar-refractivity contribution in [2.75, 3.05) is 0 Å². The number of alkyl halides is 3. The highest BCUT2D eigenvalue weighted by molar-refractivity contribution is 7.71. The van der Waals surface area contributed by atoms with Gasteiger partial charge >= 0.3 is 6.18 Å². The number of tetrazole rings is 1. The van der Waals surface area contributed by atoms with E-state index in [1.165, 1.54) is 0 Å². The smallest absolute Gasteiger partial charge is 0.207 e. The molecule has 0 saturated carbocycles. The van der Waals surface area contributed by atoms with Gasteiger partial charge in [-0.2, -0.15) is 18.4 Å². The zero-order valence-electron chi connectivity index (χ0n) is 7.99. The Morgan fingerprint density at radius 2 is 2.00 bits per heavy atom. The first kappa shape index (κ1) is 11.7. The minimum absolute atomic E-state index is 0.164. The van der Waals surface area contributed by atoms with Crippen molar-refractivity contribution in [1.29, 1.82) is 0 Å². The Morgan fingerprint density at radius 3 is 2.53 bits per heavy atom. The highest BCUT2D eigenvalue weighted by Crippen LogP contribution is 2.31. The van der Waals surface area contributed by atoms with E-state index in [0.717, 1.165) is 4.68 Å². The Balaban J connectivity index is 2.63. The fraction of sp³-hybridized carbons (Fsp3) is 0.125. The van der Waals surface area contributed by atoms with Crippen LogP contribution in [0, 0.1) is 10.6 Å². The maximum atomic E-state index is 13.4. The predicted octanol–water partition coefficient (Wildman–Crippen LogP) is 2.48. The van der Waals surface area contributed by atoms with Crippen molar-refractivity contribution in [3.8, 4) is 5.69 Å². The van der Waals surface area contributed by atoms with Gasteiger partial charge in [0.05, 0.1) is 5.56 Å². The third-order valence-electron chi connectivity index (χ3n) is 1.99. The molecule has 0 bridgehead atoms. The third kappa shape index (κ3) is 2.18. The standard InChI is InChI=1S/C8H4F4N4S/c9-5-2-1-4(8(10,11)12)3-6(5)16-7(17)13-14-15-16/h1-3H,(H,13,15,17). The first-order chi connectivity index (χ1) is 7.89. The first-order valence-electron chi connectivity index (χ1n) is 4.27. The second-order valence-electron chi connectivity index (χ2n) is 3.08. The summed E-state index contributed by atoms with van der Waals surface area (Å²) in [5.74, 6) is -0.861. The monoisotopic (exact) mass is 264 g/mol. The van der Waals surface area contributed by atoms with Crippen molar-refractivity contribution in [2.45, 2.75) is 6.18 Å². The van der Waals surface area contributed by atoms with E-state index in [0.29, 0.717) is 18.2 Å². The van der Waals surface area contributed by atoms with Crippen LogP contribution in [0.1, 0.15) is 5.56 Å². The van der Waals surface area contributed by atoms with E-state index >= 15 is 0 Å². The highest BCUT2D eigenvalue weighted by atomic mass is 32.1. The summed E-state index contributed by atoms with van der Waals surface area (Å²) in [6.07, 6.45) is -4.56. The van der Waals surface area contributed by atoms with Crippen LogP contribution in [0.15, 0.2) is 18.2 Å². The zero-order chi connectivity index (χ0) is 12.6. The number of halogens is 4. The lowest BCUT2D eigenvalue weighted by Crippen LogP contribution is -2.08. The van der Waals surface area contributed by atoms with Crippen molar-refractivity contribution in [1.82, 2.24) is 20.2 Å². The van der Waals surface area contributed by atoms with Gasteiger partial charge < -0.3 is 0 Å². The Morgan fingerprint density at radius 1 is 1.29 bits per heavy atom. The van der Waals surface area contributed by atoms with Crippen LogP contribution in [-0.4, -0.2) is 20.2 Å². The van der Waals surface area contributed by atoms with Crippen molar-refractivity contribution < 1.29 is 17.6 Å². The van der Waals surface area contributed by atoms with Gasteiger partial charge in [0.2, 0.25) is 4.77 Å². The molecule has 0 amide bonds. The van der Waals surface area contributed by atoms with Crippen molar-refractivity contribution in [2.24, 2.45) is 0 Å². The molecule has 0 aliphatic carbocycles. The SMILES string of the molecule is Fc1ccc(C(F)(F)F)cc1-n1[nH]nnc1=S. The maximum Gasteiger partial charge on any atom is 0.416 e. The molecule has 0 aliphatic heterocycles. The van der Waals surface area contributed by atoms with Gasteiger partial charge in [-0.15, -0.1) is 0 Å². The molecule has 9 heteroatoms. The number of aromatic nitrogens is 4. The quantitative estimate of drug-likeness (QED) is 0.635. The summed E-state index contributed by atoms with van der Waals surface area (Å²) in [6, 6.07) is 1.98. The zero-order valence-corrected chi connectivity index (χ0v) is 8.81. The molecular weight excluding hydrogens is 260 g/mol. The number of nitrogens with zero attached hydrogens (tertiary/aromatic N) is 3. The molecule has 1 heterocycles. The molecule has 0 spiro atoms. The molecule has 90 valence electrons. The summed E-state index contributed by atoms with van der Waals surface area (Å²) in [6.45, 7) is 0. The van der Waals surface area contributed by atoms with Gasteiger partial charge in [0.1, 0.15) is 11.5 Å². The topological polar surface area (TPSA) is 46.5 Å². The van der Waals surface area contributed by atoms with Crippen LogP contribution in [0.5, 0.6) is 0 Å². The van der Waals surface area contributed by atoms with Crippen LogP contribution in [0.2, 0.25) is 0 Å². The van der Waals surface area contributed by atoms with Gasteiger partial charge in [-0.05, 0) is 30.4 Å². The molecule has 0 saturated heterocycles. The normalized spacial score (nSPS) is 11.8. The van der Waals surface area contributed by atoms with Crippen LogP contribution in [-0.2, 0) is 6.18 Å². The molecule has 0 aliphatic rings. The summed E-state index contributed by atoms with van der Waals surface area (Å²) >= 11 is 4.67. The molecule has 0 radical (unpaired) electrons. The fourth-order valence-electron chi connectivity index (χ4n) is 1.21. The van der Waals surface area contributed by atoms with Gasteiger partial charge in [-0.3, -0.25) is 0 Å². The van der Waals surface area contributed by atoms with Crippen molar-refractivity contribution in [3.05, 3.63) is 34.4 Å². The summed E-state index contributed by atoms with van der Waals surface area (Å²) in [5.41, 5.74) is -1.36. The number of H-pyrrole nitrogens is 1. The molecular formula is C8H4F4N4S. The molecule has 2 aromatic rings. The van der Waals surface area contributed by atoms with Crippen LogP contribution >= 0.6 is 12.2 Å². The average Bonchev–Trinajstić information content (AvgIpc) is 2.63. The average molecular weight is 264 g/mol. The second-order valence-corrected chi connectivity index (χ2v) is 3.45. The van der Waals surface area contributed by atoms with Crippen LogP contribution in [0.4, 0.5) is 17.6 Å². The molecule has 0 fully saturated rings. The lowest BCUT2D eigenvalue weighted by Gasteiger charge is -2.09. The molecule has 1 N–H and O–H groups in total. The highest BCUT2D eigenvalue weighted by Gasteiger charge is 2.31. The van der Waals surface area contributed by atoms with E-state index in [2.05, 4.69) is 27.7 Å². The van der Waals surface area contributed by atoms with Crippen LogP contribution in [0.25, 0.3) is 5.69 Å². The van der Waals surface area contributed by atoms with Gasteiger partial charge in [0.15, 0.2) is 0 Å². The summed E-state index contributed by atoms with van der Waals surface area (Å²) in [4.78, 5) is 0. The number of nitrogens with one attached hydrogen (secondary N) is 1. The number of hydrogen-bond acceptors (Lipinski definition) is 3. The van der Waals surface area contributed by atoms with Crippen LogP contribution < -0.4 is 0 Å². The fourth-order valence-corrected chi connectivity index (χ4v) is 1.39. The van der Waals surface area contributed by atoms with Gasteiger partial charge in [-0.25, -0.2) is 9.07 Å². The number of aromatic amines is 1. The van der Waals surface area contributed by atoms with Gasteiger partial charge in [0.25, 0.3) is 0 Å². The lowest BCUT2D eigenvalue weighted by atomic mass is 10.2. The number of hydrogen-bond donors (Lipinski definition) is 1. The Hall–Kier alpha value is -1.77. The Bertz CT molecular complexity index is 600. The van der Waals surface area contributed by atoms with E-state index < -0.39 is 17.6 Å². The molecule has 2 rings (SSSR count). The summed E-state index contributed by atoms with van der Waals surface area (Å²) in [7, 11) is 0. The van der Waals surface area contributed by atoms with E-state index in [-0.39, 0.29) is 10.5 Å². The largest absolute Gasteiger partial charge is 0.416 e. The Kier molecular flexibility index (Phi) is 2.69. The lowest BCUT2D eigenvalue weighted by molar-refractivity contribution is -0.137. The Labute approximate surface area is 96.9 Å². The molecule has 4 nitrogen and oxygen atoms in total. The number of rotatable bonds is 1. The van der Waals surface area contributed by atoms with Gasteiger partial charge in [-0.1, -0.05) is 10.3 Å². The van der Waals surface area contributed by atoms with Crippen LogP contribution in [0.3, 0.4) is 0 Å². The summed E-state index contributed by atoms with van der Waals surface area (Å²) in [5, 5.41) is 8.80. The summed E-state index contributed by atoms with van der Waals surface area (Å²) < 4.78 is 51.4. The molecule has 1 aromatic carbocycles. The molecule has 0 unspecified atom stereocenters. The minimum Gasteiger partial charge on any atom is -0.207 e. The van der Waals surface area contributed by atoms with E-state index in [1.54, 1.807) is 0 Å². The van der Waals surface area contributed by atoms with Crippen molar-refractivity contribution in [3.63, 3.8) is 0 Å². The number of benzene rings is 1. The first-order valence-corrected chi connectivity index (χ1v) is 4.67. The molecule has 0 atom stereocenters. The second kappa shape index (κ2) is 3.91. The molecule has 17 heavy (non-hydrogen) atoms. The minimum atomic E-state index is -4.56. The molecule has 1 aromatic heterocycles. The van der Waals surface area contributed by atoms with Crippen molar-refractivity contribution >= 4 is 12.2 Å². The van der Waals surface area contributed by atoms with E-state index in [1.807, 2.05) is 0 Å². The van der Waals surface area contributed by atoms with Gasteiger partial charge in [0, 0.05) is 0 Å².